The van der Waals surface area contributed by atoms with Crippen molar-refractivity contribution in [3.05, 3.63) is 53.8 Å². The van der Waals surface area contributed by atoms with Crippen LogP contribution in [-0.4, -0.2) is 40.5 Å². The third kappa shape index (κ3) is 4.71. The number of amides is 1. The van der Waals surface area contributed by atoms with E-state index in [0.717, 1.165) is 36.4 Å². The molecule has 0 aliphatic rings. The van der Waals surface area contributed by atoms with E-state index in [1.807, 2.05) is 0 Å². The van der Waals surface area contributed by atoms with Crippen molar-refractivity contribution in [3.8, 4) is 11.4 Å². The number of carbonyl (C=O) groups excluding carboxylic acids is 1. The van der Waals surface area contributed by atoms with Crippen LogP contribution in [0.4, 0.5) is 23.2 Å². The summed E-state index contributed by atoms with van der Waals surface area (Å²) in [6, 6.07) is 7.69. The van der Waals surface area contributed by atoms with Gasteiger partial charge in [0.15, 0.2) is 5.82 Å². The third-order valence-electron chi connectivity index (χ3n) is 4.30. The van der Waals surface area contributed by atoms with Crippen LogP contribution in [0.15, 0.2) is 47.4 Å². The van der Waals surface area contributed by atoms with Crippen molar-refractivity contribution in [2.75, 3.05) is 4.90 Å². The number of nitrogens with zero attached hydrogens (tertiary/aromatic N) is 4. The molecule has 0 aliphatic heterocycles. The van der Waals surface area contributed by atoms with Gasteiger partial charge in [0.25, 0.3) is 9.84 Å². The molecule has 8 nitrogen and oxygen atoms in total. The number of carbonyl (C=O) groups is 1. The maximum absolute atomic E-state index is 14.2. The Labute approximate surface area is 173 Å². The van der Waals surface area contributed by atoms with Crippen molar-refractivity contribution >= 4 is 21.4 Å². The van der Waals surface area contributed by atoms with Gasteiger partial charge in [-0.15, -0.1) is 5.10 Å². The lowest BCUT2D eigenvalue weighted by Crippen LogP contribution is -2.30. The molecule has 0 saturated carbocycles. The van der Waals surface area contributed by atoms with Crippen molar-refractivity contribution in [1.29, 1.82) is 0 Å². The highest BCUT2D eigenvalue weighted by Gasteiger charge is 2.46. The zero-order valence-electron chi connectivity index (χ0n) is 15.9. The fourth-order valence-electron chi connectivity index (χ4n) is 2.75. The Kier molecular flexibility index (Phi) is 6.06. The van der Waals surface area contributed by atoms with E-state index in [4.69, 9.17) is 0 Å². The fraction of sp³-hybridized carbons (Fsp3) is 0.222. The van der Waals surface area contributed by atoms with E-state index in [0.29, 0.717) is 5.56 Å². The molecule has 0 saturated heterocycles. The van der Waals surface area contributed by atoms with E-state index < -0.39 is 26.1 Å². The summed E-state index contributed by atoms with van der Waals surface area (Å²) < 4.78 is 75.3. The highest BCUT2D eigenvalue weighted by atomic mass is 32.2. The lowest BCUT2D eigenvalue weighted by molar-refractivity contribution is -0.118. The molecular formula is C18H15F4N5O3S. The number of tetrazole rings is 1. The van der Waals surface area contributed by atoms with Gasteiger partial charge in [-0.3, -0.25) is 4.79 Å². The number of aromatic nitrogens is 4. The Bertz CT molecular complexity index is 1180. The van der Waals surface area contributed by atoms with Crippen LogP contribution in [0.1, 0.15) is 18.9 Å². The summed E-state index contributed by atoms with van der Waals surface area (Å²) in [5.41, 5.74) is -4.63. The maximum Gasteiger partial charge on any atom is 0.501 e. The Balaban J connectivity index is 1.94. The van der Waals surface area contributed by atoms with Gasteiger partial charge >= 0.3 is 5.51 Å². The smallest absolute Gasteiger partial charge is 0.308 e. The Morgan fingerprint density at radius 3 is 2.35 bits per heavy atom. The van der Waals surface area contributed by atoms with Gasteiger partial charge in [-0.25, -0.2) is 17.9 Å². The van der Waals surface area contributed by atoms with Gasteiger partial charge in [0.05, 0.1) is 11.4 Å². The number of H-pyrrole nitrogens is 1. The van der Waals surface area contributed by atoms with Crippen molar-refractivity contribution < 1.29 is 30.8 Å². The van der Waals surface area contributed by atoms with Gasteiger partial charge < -0.3 is 4.90 Å². The largest absolute Gasteiger partial charge is 0.501 e. The minimum atomic E-state index is -5.48. The van der Waals surface area contributed by atoms with Crippen LogP contribution in [0, 0.1) is 5.82 Å². The number of anilines is 1. The maximum atomic E-state index is 14.2. The number of alkyl halides is 3. The molecule has 3 rings (SSSR count). The number of halogens is 4. The molecule has 0 atom stereocenters. The summed E-state index contributed by atoms with van der Waals surface area (Å²) in [7, 11) is -5.48. The molecule has 0 aliphatic carbocycles. The minimum Gasteiger partial charge on any atom is -0.308 e. The SMILES string of the molecule is CCC(=O)N(Cc1ccc(S(=O)(=O)C(F)(F)F)cc1)c1cc(F)cc(-c2nnn[nH]2)c1. The second-order valence-corrected chi connectivity index (χ2v) is 8.32. The lowest BCUT2D eigenvalue weighted by Gasteiger charge is -2.23. The van der Waals surface area contributed by atoms with Crippen molar-refractivity contribution in [2.45, 2.75) is 30.3 Å². The number of nitrogens with one attached hydrogen (secondary N) is 1. The summed E-state index contributed by atoms with van der Waals surface area (Å²) in [4.78, 5) is 12.8. The topological polar surface area (TPSA) is 109 Å². The van der Waals surface area contributed by atoms with Crippen LogP contribution >= 0.6 is 0 Å². The van der Waals surface area contributed by atoms with E-state index in [2.05, 4.69) is 20.6 Å². The summed E-state index contributed by atoms with van der Waals surface area (Å²) in [5, 5.41) is 13.0. The van der Waals surface area contributed by atoms with E-state index in [-0.39, 0.29) is 35.9 Å². The van der Waals surface area contributed by atoms with Crippen LogP contribution in [0.5, 0.6) is 0 Å². The predicted octanol–water partition coefficient (Wildman–Crippen LogP) is 3.24. The molecule has 31 heavy (non-hydrogen) atoms. The Morgan fingerprint density at radius 1 is 1.13 bits per heavy atom. The number of hydrogen-bond donors (Lipinski definition) is 1. The first-order chi connectivity index (χ1) is 14.5. The zero-order valence-corrected chi connectivity index (χ0v) is 16.7. The molecule has 3 aromatic rings. The molecule has 164 valence electrons. The second kappa shape index (κ2) is 8.41. The van der Waals surface area contributed by atoms with Crippen LogP contribution in [0.2, 0.25) is 0 Å². The van der Waals surface area contributed by atoms with Crippen LogP contribution in [-0.2, 0) is 21.2 Å². The molecule has 0 bridgehead atoms. The van der Waals surface area contributed by atoms with Crippen LogP contribution in [0.25, 0.3) is 11.4 Å². The van der Waals surface area contributed by atoms with Gasteiger partial charge in [0.1, 0.15) is 5.82 Å². The standard InChI is InChI=1S/C18H15F4N5O3S/c1-2-16(28)27(14-8-12(7-13(19)9-14)17-23-25-26-24-17)10-11-3-5-15(6-4-11)31(29,30)18(20,21)22/h3-9H,2,10H2,1H3,(H,23,24,25,26). The second-order valence-electron chi connectivity index (χ2n) is 6.37. The molecule has 1 N–H and O–H groups in total. The fourth-order valence-corrected chi connectivity index (χ4v) is 3.51. The summed E-state index contributed by atoms with van der Waals surface area (Å²) in [6.07, 6.45) is 0.0657. The molecule has 2 aromatic carbocycles. The lowest BCUT2D eigenvalue weighted by atomic mass is 10.1. The average molecular weight is 457 g/mol. The summed E-state index contributed by atoms with van der Waals surface area (Å²) in [6.45, 7) is 1.46. The Morgan fingerprint density at radius 2 is 1.81 bits per heavy atom. The molecule has 1 heterocycles. The number of hydrogen-bond acceptors (Lipinski definition) is 6. The Hall–Kier alpha value is -3.35. The first-order valence-electron chi connectivity index (χ1n) is 8.78. The van der Waals surface area contributed by atoms with Gasteiger partial charge in [0.2, 0.25) is 5.91 Å². The summed E-state index contributed by atoms with van der Waals surface area (Å²) in [5.74, 6) is -0.880. The summed E-state index contributed by atoms with van der Waals surface area (Å²) >= 11 is 0. The van der Waals surface area contributed by atoms with Crippen LogP contribution in [0.3, 0.4) is 0 Å². The normalized spacial score (nSPS) is 12.0. The van der Waals surface area contributed by atoms with E-state index >= 15 is 0 Å². The number of rotatable bonds is 6. The molecule has 13 heteroatoms. The van der Waals surface area contributed by atoms with E-state index in [1.54, 1.807) is 6.92 Å². The molecule has 1 amide bonds. The van der Waals surface area contributed by atoms with E-state index in [9.17, 15) is 30.8 Å². The monoisotopic (exact) mass is 457 g/mol. The number of aromatic amines is 1. The predicted molar refractivity (Wildman–Crippen MR) is 101 cm³/mol. The molecule has 0 unspecified atom stereocenters. The van der Waals surface area contributed by atoms with Crippen LogP contribution < -0.4 is 4.90 Å². The average Bonchev–Trinajstić information content (AvgIpc) is 3.25. The minimum absolute atomic E-state index is 0.0657. The molecule has 0 fully saturated rings. The highest BCUT2D eigenvalue weighted by molar-refractivity contribution is 7.92. The first kappa shape index (κ1) is 22.3. The highest BCUT2D eigenvalue weighted by Crippen LogP contribution is 2.31. The number of benzene rings is 2. The molecule has 0 spiro atoms. The quantitative estimate of drug-likeness (QED) is 0.570. The van der Waals surface area contributed by atoms with Gasteiger partial charge in [-0.05, 0) is 46.3 Å². The first-order valence-corrected chi connectivity index (χ1v) is 10.3. The van der Waals surface area contributed by atoms with Gasteiger partial charge in [-0.2, -0.15) is 13.2 Å². The van der Waals surface area contributed by atoms with Crippen molar-refractivity contribution in [2.24, 2.45) is 0 Å². The molecule has 0 radical (unpaired) electrons. The van der Waals surface area contributed by atoms with Crippen molar-refractivity contribution in [1.82, 2.24) is 20.6 Å². The van der Waals surface area contributed by atoms with Gasteiger partial charge in [-0.1, -0.05) is 19.1 Å². The van der Waals surface area contributed by atoms with E-state index in [1.165, 1.54) is 11.0 Å². The van der Waals surface area contributed by atoms with Crippen molar-refractivity contribution in [3.63, 3.8) is 0 Å². The number of sulfone groups is 1. The zero-order chi connectivity index (χ0) is 22.8. The third-order valence-corrected chi connectivity index (χ3v) is 5.80. The molecular weight excluding hydrogens is 442 g/mol. The van der Waals surface area contributed by atoms with Gasteiger partial charge in [0, 0.05) is 17.7 Å². The molecule has 1 aromatic heterocycles.